The molecule has 4 nitrogen and oxygen atoms in total. The zero-order chi connectivity index (χ0) is 13.7. The summed E-state index contributed by atoms with van der Waals surface area (Å²) in [6.45, 7) is 0.561. The lowest BCUT2D eigenvalue weighted by atomic mass is 9.90. The molecule has 0 unspecified atom stereocenters. The number of nitrogens with one attached hydrogen (secondary N) is 2. The van der Waals surface area contributed by atoms with Gasteiger partial charge in [-0.1, -0.05) is 12.8 Å². The summed E-state index contributed by atoms with van der Waals surface area (Å²) in [6.07, 6.45) is 9.76. The molecule has 2 saturated carbocycles. The second kappa shape index (κ2) is 7.25. The van der Waals surface area contributed by atoms with E-state index in [4.69, 9.17) is 0 Å². The first-order valence-electron chi connectivity index (χ1n) is 7.86. The summed E-state index contributed by atoms with van der Waals surface area (Å²) in [4.78, 5) is 14.3. The molecule has 0 aromatic carbocycles. The highest BCUT2D eigenvalue weighted by molar-refractivity contribution is 5.78. The molecule has 2 aliphatic carbocycles. The van der Waals surface area contributed by atoms with E-state index in [1.807, 2.05) is 7.05 Å². The summed E-state index contributed by atoms with van der Waals surface area (Å²) in [6, 6.07) is 1.71. The number of carbonyl (C=O) groups excluding carboxylic acids is 1. The number of likely N-dealkylation sites (N-methyl/N-ethyl adjacent to an activating group) is 1. The van der Waals surface area contributed by atoms with Crippen LogP contribution < -0.4 is 10.6 Å². The average molecular weight is 267 g/mol. The summed E-state index contributed by atoms with van der Waals surface area (Å²) in [7, 11) is 4.14. The molecule has 2 aliphatic rings. The Labute approximate surface area is 117 Å². The van der Waals surface area contributed by atoms with Crippen LogP contribution in [0.1, 0.15) is 51.4 Å². The van der Waals surface area contributed by atoms with Crippen molar-refractivity contribution in [2.24, 2.45) is 0 Å². The Morgan fingerprint density at radius 1 is 1.05 bits per heavy atom. The van der Waals surface area contributed by atoms with Gasteiger partial charge in [0.15, 0.2) is 0 Å². The molecule has 2 fully saturated rings. The normalized spacial score (nSPS) is 28.8. The minimum absolute atomic E-state index is 0.213. The van der Waals surface area contributed by atoms with Gasteiger partial charge in [-0.05, 0) is 52.6 Å². The predicted octanol–water partition coefficient (Wildman–Crippen LogP) is 1.51. The molecule has 0 aliphatic heterocycles. The highest BCUT2D eigenvalue weighted by Crippen LogP contribution is 2.22. The Morgan fingerprint density at radius 2 is 1.68 bits per heavy atom. The van der Waals surface area contributed by atoms with Crippen LogP contribution in [-0.4, -0.2) is 49.6 Å². The summed E-state index contributed by atoms with van der Waals surface area (Å²) >= 11 is 0. The maximum atomic E-state index is 12.0. The average Bonchev–Trinajstić information content (AvgIpc) is 2.91. The zero-order valence-corrected chi connectivity index (χ0v) is 12.5. The van der Waals surface area contributed by atoms with Crippen molar-refractivity contribution in [3.05, 3.63) is 0 Å². The van der Waals surface area contributed by atoms with Gasteiger partial charge in [0.1, 0.15) is 0 Å². The number of carbonyl (C=O) groups is 1. The Morgan fingerprint density at radius 3 is 2.26 bits per heavy atom. The van der Waals surface area contributed by atoms with Crippen molar-refractivity contribution >= 4 is 5.91 Å². The predicted molar refractivity (Wildman–Crippen MR) is 78.1 cm³/mol. The van der Waals surface area contributed by atoms with Crippen molar-refractivity contribution in [2.45, 2.75) is 69.5 Å². The summed E-state index contributed by atoms with van der Waals surface area (Å²) in [5.41, 5.74) is 0. The van der Waals surface area contributed by atoms with Crippen LogP contribution in [0.3, 0.4) is 0 Å². The van der Waals surface area contributed by atoms with Crippen LogP contribution in [0.5, 0.6) is 0 Å². The van der Waals surface area contributed by atoms with E-state index in [0.29, 0.717) is 24.7 Å². The van der Waals surface area contributed by atoms with Crippen LogP contribution in [0.2, 0.25) is 0 Å². The van der Waals surface area contributed by atoms with E-state index in [-0.39, 0.29) is 5.91 Å². The van der Waals surface area contributed by atoms with Gasteiger partial charge < -0.3 is 10.6 Å². The SMILES string of the molecule is CNC1CCC(N(C)CC(=O)NC2CCCC2)CC1. The number of hydrogen-bond acceptors (Lipinski definition) is 3. The van der Waals surface area contributed by atoms with Gasteiger partial charge in [-0.15, -0.1) is 0 Å². The molecule has 0 saturated heterocycles. The molecule has 0 bridgehead atoms. The van der Waals surface area contributed by atoms with Gasteiger partial charge >= 0.3 is 0 Å². The van der Waals surface area contributed by atoms with E-state index in [1.165, 1.54) is 51.4 Å². The van der Waals surface area contributed by atoms with Crippen molar-refractivity contribution in [2.75, 3.05) is 20.6 Å². The van der Waals surface area contributed by atoms with Crippen LogP contribution >= 0.6 is 0 Å². The van der Waals surface area contributed by atoms with Crippen molar-refractivity contribution in [3.63, 3.8) is 0 Å². The largest absolute Gasteiger partial charge is 0.352 e. The van der Waals surface area contributed by atoms with Crippen LogP contribution in [0.25, 0.3) is 0 Å². The molecular weight excluding hydrogens is 238 g/mol. The third kappa shape index (κ3) is 4.46. The molecule has 0 heterocycles. The van der Waals surface area contributed by atoms with Crippen molar-refractivity contribution in [1.82, 2.24) is 15.5 Å². The van der Waals surface area contributed by atoms with E-state index in [0.717, 1.165) is 0 Å². The van der Waals surface area contributed by atoms with Gasteiger partial charge in [0.25, 0.3) is 0 Å². The standard InChI is InChI=1S/C15H29N3O/c1-16-12-7-9-14(10-8-12)18(2)11-15(19)17-13-5-3-4-6-13/h12-14,16H,3-11H2,1-2H3,(H,17,19). The quantitative estimate of drug-likeness (QED) is 0.793. The summed E-state index contributed by atoms with van der Waals surface area (Å²) in [5.74, 6) is 0.213. The van der Waals surface area contributed by atoms with Crippen LogP contribution in [-0.2, 0) is 4.79 Å². The molecule has 2 N–H and O–H groups in total. The lowest BCUT2D eigenvalue weighted by Crippen LogP contribution is -2.45. The minimum atomic E-state index is 0.213. The van der Waals surface area contributed by atoms with Crippen molar-refractivity contribution in [1.29, 1.82) is 0 Å². The molecule has 0 aromatic heterocycles. The van der Waals surface area contributed by atoms with Crippen LogP contribution in [0.15, 0.2) is 0 Å². The second-order valence-electron chi connectivity index (χ2n) is 6.26. The first kappa shape index (κ1) is 14.8. The fourth-order valence-electron chi connectivity index (χ4n) is 3.50. The molecule has 19 heavy (non-hydrogen) atoms. The van der Waals surface area contributed by atoms with Gasteiger partial charge in [-0.2, -0.15) is 0 Å². The highest BCUT2D eigenvalue weighted by atomic mass is 16.2. The molecular formula is C15H29N3O. The molecule has 2 rings (SSSR count). The second-order valence-corrected chi connectivity index (χ2v) is 6.26. The Hall–Kier alpha value is -0.610. The molecule has 110 valence electrons. The molecule has 0 atom stereocenters. The first-order chi connectivity index (χ1) is 9.19. The Balaban J connectivity index is 1.68. The van der Waals surface area contributed by atoms with Gasteiger partial charge in [-0.25, -0.2) is 0 Å². The maximum Gasteiger partial charge on any atom is 0.234 e. The minimum Gasteiger partial charge on any atom is -0.352 e. The molecule has 0 radical (unpaired) electrons. The maximum absolute atomic E-state index is 12.0. The fraction of sp³-hybridized carbons (Fsp3) is 0.933. The number of rotatable bonds is 5. The number of amides is 1. The Bertz CT molecular complexity index is 281. The zero-order valence-electron chi connectivity index (χ0n) is 12.5. The lowest BCUT2D eigenvalue weighted by molar-refractivity contribution is -0.123. The number of nitrogens with zero attached hydrogens (tertiary/aromatic N) is 1. The monoisotopic (exact) mass is 267 g/mol. The van der Waals surface area contributed by atoms with Crippen LogP contribution in [0, 0.1) is 0 Å². The molecule has 0 spiro atoms. The van der Waals surface area contributed by atoms with E-state index >= 15 is 0 Å². The van der Waals surface area contributed by atoms with E-state index in [2.05, 4.69) is 22.6 Å². The molecule has 0 aromatic rings. The smallest absolute Gasteiger partial charge is 0.234 e. The molecule has 1 amide bonds. The molecule has 4 heteroatoms. The van der Waals surface area contributed by atoms with Gasteiger partial charge in [-0.3, -0.25) is 9.69 Å². The van der Waals surface area contributed by atoms with E-state index < -0.39 is 0 Å². The highest BCUT2D eigenvalue weighted by Gasteiger charge is 2.25. The number of hydrogen-bond donors (Lipinski definition) is 2. The third-order valence-corrected chi connectivity index (χ3v) is 4.84. The fourth-order valence-corrected chi connectivity index (χ4v) is 3.50. The van der Waals surface area contributed by atoms with Crippen molar-refractivity contribution in [3.8, 4) is 0 Å². The van der Waals surface area contributed by atoms with Gasteiger partial charge in [0.05, 0.1) is 6.54 Å². The van der Waals surface area contributed by atoms with Gasteiger partial charge in [0, 0.05) is 18.1 Å². The first-order valence-corrected chi connectivity index (χ1v) is 7.86. The van der Waals surface area contributed by atoms with E-state index in [1.54, 1.807) is 0 Å². The lowest BCUT2D eigenvalue weighted by Gasteiger charge is -2.34. The summed E-state index contributed by atoms with van der Waals surface area (Å²) < 4.78 is 0. The topological polar surface area (TPSA) is 44.4 Å². The van der Waals surface area contributed by atoms with Crippen LogP contribution in [0.4, 0.5) is 0 Å². The van der Waals surface area contributed by atoms with Gasteiger partial charge in [0.2, 0.25) is 5.91 Å². The van der Waals surface area contributed by atoms with E-state index in [9.17, 15) is 4.79 Å². The summed E-state index contributed by atoms with van der Waals surface area (Å²) in [5, 5.41) is 6.53. The third-order valence-electron chi connectivity index (χ3n) is 4.84. The Kier molecular flexibility index (Phi) is 5.64. The van der Waals surface area contributed by atoms with Crippen molar-refractivity contribution < 1.29 is 4.79 Å².